The number of hydrogen-bond acceptors (Lipinski definition) is 6. The molecule has 1 aliphatic heterocycles. The minimum atomic E-state index is -4.93. The number of aromatic amines is 1. The first-order valence-electron chi connectivity index (χ1n) is 11.7. The third-order valence-corrected chi connectivity index (χ3v) is 9.18. The number of carboxylic acid groups (broad SMARTS) is 1. The molecule has 210 valence electrons. The summed E-state index contributed by atoms with van der Waals surface area (Å²) in [4.78, 5) is 41.2. The first-order chi connectivity index (χ1) is 18.1. The van der Waals surface area contributed by atoms with E-state index in [0.717, 1.165) is 0 Å². The summed E-state index contributed by atoms with van der Waals surface area (Å²) in [7, 11) is -3.79. The van der Waals surface area contributed by atoms with Crippen LogP contribution >= 0.6 is 23.2 Å². The molecular weight excluding hydrogens is 586 g/mol. The number of halogens is 5. The molecule has 2 N–H and O–H groups in total. The molecule has 2 aromatic carbocycles. The van der Waals surface area contributed by atoms with Crippen molar-refractivity contribution in [1.82, 2.24) is 14.5 Å². The maximum atomic E-state index is 14.1. The number of aromatic nitrogens is 2. The molecule has 1 saturated heterocycles. The second kappa shape index (κ2) is 10.6. The summed E-state index contributed by atoms with van der Waals surface area (Å²) < 4.78 is 68.1. The summed E-state index contributed by atoms with van der Waals surface area (Å²) in [6.45, 7) is 0.722. The Morgan fingerprint density at radius 1 is 1.18 bits per heavy atom. The van der Waals surface area contributed by atoms with Crippen molar-refractivity contribution >= 4 is 49.9 Å². The Morgan fingerprint density at radius 3 is 2.46 bits per heavy atom. The minimum Gasteiger partial charge on any atom is -0.481 e. The van der Waals surface area contributed by atoms with E-state index in [0.29, 0.717) is 10.6 Å². The molecule has 0 saturated carbocycles. The number of hydrogen-bond donors (Lipinski definition) is 2. The average molecular weight is 608 g/mol. The van der Waals surface area contributed by atoms with E-state index in [4.69, 9.17) is 23.2 Å². The number of alkyl halides is 3. The number of sulfone groups is 1. The third-order valence-electron chi connectivity index (χ3n) is 6.70. The number of aliphatic carboxylic acids is 1. The van der Waals surface area contributed by atoms with Crippen LogP contribution in [0.25, 0.3) is 10.9 Å². The molecule has 1 aliphatic rings. The molecule has 39 heavy (non-hydrogen) atoms. The van der Waals surface area contributed by atoms with Gasteiger partial charge in [0.2, 0.25) is 0 Å². The average Bonchev–Trinajstić information content (AvgIpc) is 3.32. The fourth-order valence-corrected chi connectivity index (χ4v) is 6.26. The van der Waals surface area contributed by atoms with Crippen molar-refractivity contribution in [3.63, 3.8) is 0 Å². The van der Waals surface area contributed by atoms with Gasteiger partial charge in [-0.15, -0.1) is 0 Å². The van der Waals surface area contributed by atoms with Gasteiger partial charge in [0, 0.05) is 18.1 Å². The lowest BCUT2D eigenvalue weighted by Gasteiger charge is -2.21. The number of likely N-dealkylation sites (tertiary alicyclic amines) is 1. The van der Waals surface area contributed by atoms with Crippen LogP contribution in [0.3, 0.4) is 0 Å². The molecule has 0 radical (unpaired) electrons. The lowest BCUT2D eigenvalue weighted by Crippen LogP contribution is -2.36. The van der Waals surface area contributed by atoms with Crippen molar-refractivity contribution < 1.29 is 31.5 Å². The number of nitrogens with one attached hydrogen (secondary N) is 1. The highest BCUT2D eigenvalue weighted by atomic mass is 35.5. The molecule has 9 nitrogen and oxygen atoms in total. The maximum Gasteiger partial charge on any atom is 0.416 e. The van der Waals surface area contributed by atoms with Crippen LogP contribution in [0.5, 0.6) is 0 Å². The lowest BCUT2D eigenvalue weighted by molar-refractivity contribution is -0.141. The molecule has 1 aromatic heterocycles. The van der Waals surface area contributed by atoms with E-state index in [9.17, 15) is 41.1 Å². The molecule has 15 heteroatoms. The number of carboxylic acids is 1. The van der Waals surface area contributed by atoms with Crippen molar-refractivity contribution in [2.75, 3.05) is 18.8 Å². The molecule has 1 atom stereocenters. The third kappa shape index (κ3) is 5.72. The van der Waals surface area contributed by atoms with Crippen LogP contribution in [-0.4, -0.2) is 52.8 Å². The molecule has 4 rings (SSSR count). The van der Waals surface area contributed by atoms with Crippen molar-refractivity contribution in [2.24, 2.45) is 5.92 Å². The topological polar surface area (TPSA) is 130 Å². The van der Waals surface area contributed by atoms with Crippen LogP contribution < -0.4 is 11.2 Å². The summed E-state index contributed by atoms with van der Waals surface area (Å²) in [6.07, 6.45) is -4.68. The summed E-state index contributed by atoms with van der Waals surface area (Å²) in [5.74, 6) is -2.07. The van der Waals surface area contributed by atoms with Gasteiger partial charge >= 0.3 is 17.8 Å². The zero-order valence-electron chi connectivity index (χ0n) is 20.3. The van der Waals surface area contributed by atoms with E-state index in [1.165, 1.54) is 30.0 Å². The van der Waals surface area contributed by atoms with Crippen LogP contribution in [0.2, 0.25) is 10.0 Å². The predicted molar refractivity (Wildman–Crippen MR) is 138 cm³/mol. The van der Waals surface area contributed by atoms with Gasteiger partial charge in [-0.05, 0) is 48.4 Å². The van der Waals surface area contributed by atoms with E-state index in [1.54, 1.807) is 0 Å². The number of H-pyrrole nitrogens is 1. The van der Waals surface area contributed by atoms with Crippen LogP contribution in [0, 0.1) is 5.92 Å². The summed E-state index contributed by atoms with van der Waals surface area (Å²) in [5.41, 5.74) is -4.04. The lowest BCUT2D eigenvalue weighted by atomic mass is 10.0. The molecule has 0 unspecified atom stereocenters. The fourth-order valence-electron chi connectivity index (χ4n) is 4.65. The van der Waals surface area contributed by atoms with Gasteiger partial charge in [0.15, 0.2) is 9.84 Å². The van der Waals surface area contributed by atoms with E-state index in [1.807, 2.05) is 0 Å². The standard InChI is InChI=1S/C24H22Cl2F3N3O6S/c1-2-39(37,38)18-4-3-14(25)7-13(18)10-32-21(33)15-8-17(24(27,28)29)16(19(26)20(15)30-23(32)36)11-31-6-5-12(9-31)22(34)35/h3-4,7-8,12H,2,5-6,9-11H2,1H3,(H,30,36)(H,34,35)/t12-/m1/s1. The molecule has 1 fully saturated rings. The molecule has 0 amide bonds. The molecular formula is C24H22Cl2F3N3O6S. The van der Waals surface area contributed by atoms with E-state index < -0.39 is 67.2 Å². The Kier molecular flexibility index (Phi) is 7.92. The highest BCUT2D eigenvalue weighted by Crippen LogP contribution is 2.39. The first kappa shape index (κ1) is 29.1. The van der Waals surface area contributed by atoms with E-state index >= 15 is 0 Å². The van der Waals surface area contributed by atoms with Gasteiger partial charge in [0.05, 0.1) is 44.6 Å². The van der Waals surface area contributed by atoms with Gasteiger partial charge in [0.25, 0.3) is 5.56 Å². The van der Waals surface area contributed by atoms with Gasteiger partial charge in [-0.2, -0.15) is 13.2 Å². The number of carbonyl (C=O) groups is 1. The first-order valence-corrected chi connectivity index (χ1v) is 14.1. The Labute approximate surface area is 229 Å². The van der Waals surface area contributed by atoms with Crippen LogP contribution in [0.1, 0.15) is 30.0 Å². The van der Waals surface area contributed by atoms with Gasteiger partial charge in [-0.25, -0.2) is 13.2 Å². The van der Waals surface area contributed by atoms with E-state index in [-0.39, 0.29) is 52.8 Å². The zero-order valence-corrected chi connectivity index (χ0v) is 22.6. The van der Waals surface area contributed by atoms with Crippen LogP contribution in [-0.2, 0) is 33.9 Å². The highest BCUT2D eigenvalue weighted by Gasteiger charge is 2.37. The Hall–Kier alpha value is -2.87. The molecule has 2 heterocycles. The Morgan fingerprint density at radius 2 is 1.87 bits per heavy atom. The van der Waals surface area contributed by atoms with Crippen LogP contribution in [0.15, 0.2) is 38.8 Å². The Bertz CT molecular complexity index is 1700. The summed E-state index contributed by atoms with van der Waals surface area (Å²) in [5, 5.41) is 8.32. The SMILES string of the molecule is CCS(=O)(=O)c1ccc(Cl)cc1Cn1c(=O)[nH]c2c(Cl)c(CN3CC[C@@H](C(=O)O)C3)c(C(F)(F)F)cc2c1=O. The predicted octanol–water partition coefficient (Wildman–Crippen LogP) is 3.76. The summed E-state index contributed by atoms with van der Waals surface area (Å²) >= 11 is 12.4. The second-order valence-corrected chi connectivity index (χ2v) is 12.2. The smallest absolute Gasteiger partial charge is 0.416 e. The van der Waals surface area contributed by atoms with Gasteiger partial charge in [-0.1, -0.05) is 30.1 Å². The zero-order chi connectivity index (χ0) is 28.9. The number of fused-ring (bicyclic) bond motifs is 1. The number of rotatable bonds is 7. The molecule has 3 aromatic rings. The van der Waals surface area contributed by atoms with Gasteiger partial charge in [-0.3, -0.25) is 19.1 Å². The minimum absolute atomic E-state index is 0.0112. The van der Waals surface area contributed by atoms with Crippen molar-refractivity contribution in [3.05, 3.63) is 71.8 Å². The van der Waals surface area contributed by atoms with Crippen LogP contribution in [0.4, 0.5) is 13.2 Å². The monoisotopic (exact) mass is 607 g/mol. The second-order valence-electron chi connectivity index (χ2n) is 9.17. The van der Waals surface area contributed by atoms with Gasteiger partial charge in [0.1, 0.15) is 0 Å². The number of benzene rings is 2. The highest BCUT2D eigenvalue weighted by molar-refractivity contribution is 7.91. The van der Waals surface area contributed by atoms with Crippen molar-refractivity contribution in [2.45, 2.75) is 37.5 Å². The van der Waals surface area contributed by atoms with Crippen molar-refractivity contribution in [3.8, 4) is 0 Å². The van der Waals surface area contributed by atoms with Crippen molar-refractivity contribution in [1.29, 1.82) is 0 Å². The largest absolute Gasteiger partial charge is 0.481 e. The molecule has 0 spiro atoms. The van der Waals surface area contributed by atoms with Gasteiger partial charge < -0.3 is 10.1 Å². The molecule has 0 aliphatic carbocycles. The number of nitrogens with zero attached hydrogens (tertiary/aromatic N) is 2. The fraction of sp³-hybridized carbons (Fsp3) is 0.375. The Balaban J connectivity index is 1.87. The normalized spacial score (nSPS) is 16.7. The quantitative estimate of drug-likeness (QED) is 0.418. The maximum absolute atomic E-state index is 14.1. The van der Waals surface area contributed by atoms with E-state index in [2.05, 4.69) is 4.98 Å². The molecule has 0 bridgehead atoms. The summed E-state index contributed by atoms with van der Waals surface area (Å²) in [6, 6.07) is 4.42.